The molecule has 0 spiro atoms. The predicted octanol–water partition coefficient (Wildman–Crippen LogP) is 3.80. The number of aryl methyl sites for hydroxylation is 1. The fourth-order valence-electron chi connectivity index (χ4n) is 4.02. The Morgan fingerprint density at radius 3 is 2.76 bits per heavy atom. The SMILES string of the molecule is O=C(O)CC1CCc2c1[nH]c1ccc(-c3noc(-c4ccc(O)c(O)c4)n3)cc21. The molecule has 0 radical (unpaired) electrons. The number of H-pyrrole nitrogens is 1. The number of carboxylic acids is 1. The summed E-state index contributed by atoms with van der Waals surface area (Å²) in [6, 6.07) is 10.1. The van der Waals surface area contributed by atoms with Crippen molar-refractivity contribution in [2.75, 3.05) is 0 Å². The predicted molar refractivity (Wildman–Crippen MR) is 104 cm³/mol. The van der Waals surface area contributed by atoms with E-state index in [1.807, 2.05) is 18.2 Å². The highest BCUT2D eigenvalue weighted by Crippen LogP contribution is 2.40. The number of aliphatic carboxylic acids is 1. The van der Waals surface area contributed by atoms with Gasteiger partial charge in [0, 0.05) is 33.6 Å². The molecular weight excluding hydrogens is 374 g/mol. The third kappa shape index (κ3) is 2.89. The minimum atomic E-state index is -0.790. The smallest absolute Gasteiger partial charge is 0.304 e. The van der Waals surface area contributed by atoms with Crippen LogP contribution in [0.25, 0.3) is 33.7 Å². The lowest BCUT2D eigenvalue weighted by Gasteiger charge is -2.05. The topological polar surface area (TPSA) is 132 Å². The number of aromatic amines is 1. The minimum absolute atomic E-state index is 0.0114. The Morgan fingerprint density at radius 2 is 1.97 bits per heavy atom. The van der Waals surface area contributed by atoms with Crippen LogP contribution in [-0.2, 0) is 11.2 Å². The molecule has 0 aliphatic heterocycles. The number of carbonyl (C=O) groups is 1. The zero-order valence-corrected chi connectivity index (χ0v) is 15.2. The zero-order valence-electron chi connectivity index (χ0n) is 15.2. The Labute approximate surface area is 164 Å². The van der Waals surface area contributed by atoms with Crippen molar-refractivity contribution < 1.29 is 24.6 Å². The zero-order chi connectivity index (χ0) is 20.1. The quantitative estimate of drug-likeness (QED) is 0.389. The van der Waals surface area contributed by atoms with E-state index < -0.39 is 5.97 Å². The molecule has 5 rings (SSSR count). The molecule has 1 aliphatic rings. The summed E-state index contributed by atoms with van der Waals surface area (Å²) in [5.74, 6) is -0.622. The second kappa shape index (κ2) is 6.37. The summed E-state index contributed by atoms with van der Waals surface area (Å²) in [6.07, 6.45) is 1.78. The molecule has 8 heteroatoms. The molecule has 0 amide bonds. The van der Waals surface area contributed by atoms with Crippen molar-refractivity contribution in [3.8, 4) is 34.3 Å². The summed E-state index contributed by atoms with van der Waals surface area (Å²) in [5, 5.41) is 33.3. The molecule has 1 aliphatic carbocycles. The second-order valence-corrected chi connectivity index (χ2v) is 7.24. The van der Waals surface area contributed by atoms with Crippen molar-refractivity contribution in [2.45, 2.75) is 25.2 Å². The fraction of sp³-hybridized carbons (Fsp3) is 0.190. The number of phenolic OH excluding ortho intramolecular Hbond substituents is 2. The van der Waals surface area contributed by atoms with Crippen LogP contribution in [0.2, 0.25) is 0 Å². The van der Waals surface area contributed by atoms with Crippen molar-refractivity contribution in [1.82, 2.24) is 15.1 Å². The highest BCUT2D eigenvalue weighted by molar-refractivity contribution is 5.89. The normalized spacial score (nSPS) is 15.7. The second-order valence-electron chi connectivity index (χ2n) is 7.24. The first kappa shape index (κ1) is 17.3. The number of rotatable bonds is 4. The molecule has 4 aromatic rings. The number of phenols is 2. The summed E-state index contributed by atoms with van der Waals surface area (Å²) < 4.78 is 5.32. The minimum Gasteiger partial charge on any atom is -0.504 e. The number of nitrogens with one attached hydrogen (secondary N) is 1. The molecule has 2 aromatic heterocycles. The Morgan fingerprint density at radius 1 is 1.14 bits per heavy atom. The van der Waals surface area contributed by atoms with E-state index in [4.69, 9.17) is 9.63 Å². The highest BCUT2D eigenvalue weighted by Gasteiger charge is 2.28. The maximum atomic E-state index is 11.1. The van der Waals surface area contributed by atoms with E-state index in [9.17, 15) is 15.0 Å². The molecule has 8 nitrogen and oxygen atoms in total. The van der Waals surface area contributed by atoms with Crippen molar-refractivity contribution in [3.63, 3.8) is 0 Å². The number of benzene rings is 2. The molecular formula is C21H17N3O5. The summed E-state index contributed by atoms with van der Waals surface area (Å²) in [5.41, 5.74) is 4.40. The number of hydrogen-bond donors (Lipinski definition) is 4. The van der Waals surface area contributed by atoms with Gasteiger partial charge in [0.15, 0.2) is 11.5 Å². The summed E-state index contributed by atoms with van der Waals surface area (Å²) in [7, 11) is 0. The van der Waals surface area contributed by atoms with E-state index in [1.165, 1.54) is 12.1 Å². The first-order valence-corrected chi connectivity index (χ1v) is 9.22. The number of nitrogens with zero attached hydrogens (tertiary/aromatic N) is 2. The molecule has 4 N–H and O–H groups in total. The van der Waals surface area contributed by atoms with Crippen LogP contribution < -0.4 is 0 Å². The maximum absolute atomic E-state index is 11.1. The lowest BCUT2D eigenvalue weighted by Crippen LogP contribution is -2.03. The first-order chi connectivity index (χ1) is 14.0. The van der Waals surface area contributed by atoms with E-state index in [-0.39, 0.29) is 29.7 Å². The monoisotopic (exact) mass is 391 g/mol. The van der Waals surface area contributed by atoms with Crippen molar-refractivity contribution in [1.29, 1.82) is 0 Å². The van der Waals surface area contributed by atoms with Crippen molar-refractivity contribution >= 4 is 16.9 Å². The Kier molecular flexibility index (Phi) is 3.80. The van der Waals surface area contributed by atoms with Gasteiger partial charge in [0.05, 0.1) is 6.42 Å². The van der Waals surface area contributed by atoms with Gasteiger partial charge in [-0.1, -0.05) is 5.16 Å². The lowest BCUT2D eigenvalue weighted by atomic mass is 10.0. The molecule has 0 saturated carbocycles. The number of carboxylic acid groups (broad SMARTS) is 1. The standard InChI is InChI=1S/C21H17N3O5/c25-16-6-3-12(8-17(16)26)21-23-20(24-29-21)11-2-5-15-14(7-11)13-4-1-10(9-18(27)28)19(13)22-15/h2-3,5-8,10,22,25-26H,1,4,9H2,(H,27,28). The number of aromatic nitrogens is 3. The summed E-state index contributed by atoms with van der Waals surface area (Å²) >= 11 is 0. The average molecular weight is 391 g/mol. The summed E-state index contributed by atoms with van der Waals surface area (Å²) in [6.45, 7) is 0. The van der Waals surface area contributed by atoms with Gasteiger partial charge in [-0.25, -0.2) is 0 Å². The van der Waals surface area contributed by atoms with Crippen molar-refractivity contribution in [2.24, 2.45) is 0 Å². The average Bonchev–Trinajstić information content (AvgIpc) is 3.40. The number of fused-ring (bicyclic) bond motifs is 3. The van der Waals surface area contributed by atoms with Crippen molar-refractivity contribution in [3.05, 3.63) is 47.7 Å². The van der Waals surface area contributed by atoms with Crippen LogP contribution in [0.1, 0.15) is 30.0 Å². The van der Waals surface area contributed by atoms with Crippen LogP contribution in [0.4, 0.5) is 0 Å². The molecule has 0 fully saturated rings. The van der Waals surface area contributed by atoms with Gasteiger partial charge in [0.25, 0.3) is 5.89 Å². The van der Waals surface area contributed by atoms with Gasteiger partial charge in [-0.2, -0.15) is 4.98 Å². The van der Waals surface area contributed by atoms with Gasteiger partial charge in [-0.15, -0.1) is 0 Å². The third-order valence-corrected chi connectivity index (χ3v) is 5.42. The van der Waals surface area contributed by atoms with E-state index in [2.05, 4.69) is 15.1 Å². The highest BCUT2D eigenvalue weighted by atomic mass is 16.5. The first-order valence-electron chi connectivity index (χ1n) is 9.22. The van der Waals surface area contributed by atoms with Crippen LogP contribution in [0.15, 0.2) is 40.9 Å². The Bertz CT molecular complexity index is 1260. The Hall–Kier alpha value is -3.81. The number of hydrogen-bond acceptors (Lipinski definition) is 6. The van der Waals surface area contributed by atoms with E-state index >= 15 is 0 Å². The van der Waals surface area contributed by atoms with E-state index in [1.54, 1.807) is 6.07 Å². The third-order valence-electron chi connectivity index (χ3n) is 5.42. The van der Waals surface area contributed by atoms with Gasteiger partial charge in [-0.05, 0) is 54.8 Å². The van der Waals surface area contributed by atoms with Gasteiger partial charge in [-0.3, -0.25) is 4.79 Å². The van der Waals surface area contributed by atoms with Crippen LogP contribution in [-0.4, -0.2) is 36.4 Å². The Balaban J connectivity index is 1.51. The van der Waals surface area contributed by atoms with Crippen LogP contribution in [0.3, 0.4) is 0 Å². The molecule has 0 bridgehead atoms. The van der Waals surface area contributed by atoms with Gasteiger partial charge in [0.1, 0.15) is 0 Å². The number of aromatic hydroxyl groups is 2. The van der Waals surface area contributed by atoms with Crippen LogP contribution in [0, 0.1) is 0 Å². The van der Waals surface area contributed by atoms with E-state index in [0.717, 1.165) is 40.6 Å². The molecule has 1 unspecified atom stereocenters. The summed E-state index contributed by atoms with van der Waals surface area (Å²) in [4.78, 5) is 18.9. The van der Waals surface area contributed by atoms with Gasteiger partial charge >= 0.3 is 5.97 Å². The molecule has 1 atom stereocenters. The molecule has 146 valence electrons. The van der Waals surface area contributed by atoms with E-state index in [0.29, 0.717) is 11.4 Å². The van der Waals surface area contributed by atoms with Gasteiger partial charge in [0.2, 0.25) is 5.82 Å². The molecule has 2 aromatic carbocycles. The fourth-order valence-corrected chi connectivity index (χ4v) is 4.02. The van der Waals surface area contributed by atoms with Gasteiger partial charge < -0.3 is 24.8 Å². The largest absolute Gasteiger partial charge is 0.504 e. The molecule has 0 saturated heterocycles. The molecule has 2 heterocycles. The van der Waals surface area contributed by atoms with Crippen LogP contribution >= 0.6 is 0 Å². The molecule has 29 heavy (non-hydrogen) atoms. The van der Waals surface area contributed by atoms with Crippen LogP contribution in [0.5, 0.6) is 11.5 Å². The lowest BCUT2D eigenvalue weighted by molar-refractivity contribution is -0.137. The maximum Gasteiger partial charge on any atom is 0.304 e.